The summed E-state index contributed by atoms with van der Waals surface area (Å²) < 4.78 is 5.30. The number of hydrogen-bond donors (Lipinski definition) is 0. The molecule has 0 aromatic heterocycles. The molecule has 22 heavy (non-hydrogen) atoms. The van der Waals surface area contributed by atoms with E-state index in [1.54, 1.807) is 7.11 Å². The van der Waals surface area contributed by atoms with E-state index < -0.39 is 0 Å². The number of rotatable bonds is 5. The van der Waals surface area contributed by atoms with Crippen LogP contribution >= 0.6 is 0 Å². The summed E-state index contributed by atoms with van der Waals surface area (Å²) >= 11 is 0. The van der Waals surface area contributed by atoms with Gasteiger partial charge in [-0.1, -0.05) is 42.5 Å². The zero-order valence-corrected chi connectivity index (χ0v) is 12.8. The number of benzene rings is 2. The monoisotopic (exact) mass is 295 g/mol. The van der Waals surface area contributed by atoms with Crippen molar-refractivity contribution in [3.63, 3.8) is 0 Å². The van der Waals surface area contributed by atoms with Gasteiger partial charge < -0.3 is 9.53 Å². The van der Waals surface area contributed by atoms with E-state index in [1.165, 1.54) is 11.1 Å². The van der Waals surface area contributed by atoms with Crippen LogP contribution in [0.1, 0.15) is 17.0 Å². The van der Waals surface area contributed by atoms with E-state index in [2.05, 4.69) is 35.2 Å². The van der Waals surface area contributed by atoms with Crippen LogP contribution in [-0.4, -0.2) is 31.4 Å². The predicted octanol–water partition coefficient (Wildman–Crippen LogP) is 3.11. The van der Waals surface area contributed by atoms with Crippen molar-refractivity contribution >= 4 is 6.29 Å². The molecule has 0 aliphatic carbocycles. The SMILES string of the molecule is COc1cccc([C@H]2CN(Cc3ccccc3)C[C@@H]2C=O)c1. The van der Waals surface area contributed by atoms with Crippen LogP contribution in [0.15, 0.2) is 54.6 Å². The van der Waals surface area contributed by atoms with Gasteiger partial charge in [0.25, 0.3) is 0 Å². The Morgan fingerprint density at radius 3 is 2.68 bits per heavy atom. The molecular weight excluding hydrogens is 274 g/mol. The lowest BCUT2D eigenvalue weighted by Crippen LogP contribution is -2.20. The van der Waals surface area contributed by atoms with Gasteiger partial charge in [-0.05, 0) is 23.3 Å². The third-order valence-corrected chi connectivity index (χ3v) is 4.39. The Labute approximate surface area is 131 Å². The molecule has 0 bridgehead atoms. The minimum Gasteiger partial charge on any atom is -0.497 e. The molecule has 3 nitrogen and oxygen atoms in total. The normalized spacial score (nSPS) is 21.7. The van der Waals surface area contributed by atoms with Gasteiger partial charge in [0.2, 0.25) is 0 Å². The van der Waals surface area contributed by atoms with E-state index in [4.69, 9.17) is 4.74 Å². The van der Waals surface area contributed by atoms with Gasteiger partial charge in [0.1, 0.15) is 12.0 Å². The molecule has 1 heterocycles. The van der Waals surface area contributed by atoms with E-state index in [9.17, 15) is 4.79 Å². The van der Waals surface area contributed by atoms with Crippen LogP contribution in [0.25, 0.3) is 0 Å². The van der Waals surface area contributed by atoms with Crippen LogP contribution in [0.2, 0.25) is 0 Å². The third-order valence-electron chi connectivity index (χ3n) is 4.39. The van der Waals surface area contributed by atoms with Crippen molar-refractivity contribution in [1.29, 1.82) is 0 Å². The summed E-state index contributed by atoms with van der Waals surface area (Å²) in [6.45, 7) is 2.62. The van der Waals surface area contributed by atoms with Crippen molar-refractivity contribution in [1.82, 2.24) is 4.90 Å². The topological polar surface area (TPSA) is 29.5 Å². The maximum Gasteiger partial charge on any atom is 0.125 e. The Hall–Kier alpha value is -2.13. The Morgan fingerprint density at radius 2 is 1.95 bits per heavy atom. The second-order valence-corrected chi connectivity index (χ2v) is 5.86. The highest BCUT2D eigenvalue weighted by Crippen LogP contribution is 2.33. The fourth-order valence-corrected chi connectivity index (χ4v) is 3.25. The molecule has 0 saturated carbocycles. The number of methoxy groups -OCH3 is 1. The summed E-state index contributed by atoms with van der Waals surface area (Å²) in [5.41, 5.74) is 2.48. The highest BCUT2D eigenvalue weighted by molar-refractivity contribution is 5.57. The lowest BCUT2D eigenvalue weighted by molar-refractivity contribution is -0.111. The molecule has 0 amide bonds. The largest absolute Gasteiger partial charge is 0.497 e. The molecule has 1 aliphatic heterocycles. The highest BCUT2D eigenvalue weighted by Gasteiger charge is 2.33. The van der Waals surface area contributed by atoms with Gasteiger partial charge in [-0.3, -0.25) is 4.90 Å². The second kappa shape index (κ2) is 6.75. The molecule has 3 heteroatoms. The number of carbonyl (C=O) groups excluding carboxylic acids is 1. The Kier molecular flexibility index (Phi) is 4.54. The van der Waals surface area contributed by atoms with Crippen molar-refractivity contribution in [3.05, 3.63) is 65.7 Å². The molecule has 2 atom stereocenters. The first-order valence-corrected chi connectivity index (χ1v) is 7.65. The number of ether oxygens (including phenoxy) is 1. The summed E-state index contributed by atoms with van der Waals surface area (Å²) in [6.07, 6.45) is 1.11. The molecule has 114 valence electrons. The van der Waals surface area contributed by atoms with Crippen molar-refractivity contribution in [2.45, 2.75) is 12.5 Å². The quantitative estimate of drug-likeness (QED) is 0.794. The highest BCUT2D eigenvalue weighted by atomic mass is 16.5. The summed E-state index contributed by atoms with van der Waals surface area (Å²) in [4.78, 5) is 13.8. The van der Waals surface area contributed by atoms with E-state index in [-0.39, 0.29) is 11.8 Å². The third kappa shape index (κ3) is 3.20. The van der Waals surface area contributed by atoms with Crippen LogP contribution in [0.3, 0.4) is 0 Å². The Bertz CT molecular complexity index is 626. The zero-order chi connectivity index (χ0) is 15.4. The van der Waals surface area contributed by atoms with Crippen LogP contribution in [0.5, 0.6) is 5.75 Å². The van der Waals surface area contributed by atoms with Crippen molar-refractivity contribution in [3.8, 4) is 5.75 Å². The summed E-state index contributed by atoms with van der Waals surface area (Å²) in [5, 5.41) is 0. The van der Waals surface area contributed by atoms with Gasteiger partial charge in [-0.25, -0.2) is 0 Å². The second-order valence-electron chi connectivity index (χ2n) is 5.86. The number of nitrogens with zero attached hydrogens (tertiary/aromatic N) is 1. The van der Waals surface area contributed by atoms with E-state index in [1.807, 2.05) is 24.3 Å². The fourth-order valence-electron chi connectivity index (χ4n) is 3.25. The van der Waals surface area contributed by atoms with Gasteiger partial charge in [-0.2, -0.15) is 0 Å². The summed E-state index contributed by atoms with van der Waals surface area (Å²) in [7, 11) is 1.67. The van der Waals surface area contributed by atoms with Crippen molar-refractivity contribution < 1.29 is 9.53 Å². The van der Waals surface area contributed by atoms with Crippen LogP contribution in [-0.2, 0) is 11.3 Å². The van der Waals surface area contributed by atoms with Gasteiger partial charge in [-0.15, -0.1) is 0 Å². The smallest absolute Gasteiger partial charge is 0.125 e. The molecule has 0 radical (unpaired) electrons. The number of likely N-dealkylation sites (tertiary alicyclic amines) is 1. The number of carbonyl (C=O) groups is 1. The molecule has 1 aliphatic rings. The van der Waals surface area contributed by atoms with Crippen molar-refractivity contribution in [2.75, 3.05) is 20.2 Å². The average Bonchev–Trinajstić information content (AvgIpc) is 2.99. The molecule has 0 spiro atoms. The van der Waals surface area contributed by atoms with Crippen LogP contribution in [0.4, 0.5) is 0 Å². The van der Waals surface area contributed by atoms with Crippen LogP contribution < -0.4 is 4.74 Å². The molecule has 1 fully saturated rings. The van der Waals surface area contributed by atoms with E-state index in [0.29, 0.717) is 0 Å². The molecule has 0 unspecified atom stereocenters. The molecule has 0 N–H and O–H groups in total. The molecule has 3 rings (SSSR count). The summed E-state index contributed by atoms with van der Waals surface area (Å²) in [6, 6.07) is 18.5. The first-order chi connectivity index (χ1) is 10.8. The lowest BCUT2D eigenvalue weighted by atomic mass is 9.90. The van der Waals surface area contributed by atoms with Gasteiger partial charge >= 0.3 is 0 Å². The Morgan fingerprint density at radius 1 is 1.14 bits per heavy atom. The van der Waals surface area contributed by atoms with E-state index in [0.717, 1.165) is 31.7 Å². The maximum atomic E-state index is 11.5. The fraction of sp³-hybridized carbons (Fsp3) is 0.316. The Balaban J connectivity index is 1.75. The minimum atomic E-state index is 0.0517. The van der Waals surface area contributed by atoms with E-state index >= 15 is 0 Å². The first-order valence-electron chi connectivity index (χ1n) is 7.65. The molecule has 2 aromatic carbocycles. The lowest BCUT2D eigenvalue weighted by Gasteiger charge is -2.16. The first kappa shape index (κ1) is 14.8. The minimum absolute atomic E-state index is 0.0517. The van der Waals surface area contributed by atoms with Crippen molar-refractivity contribution in [2.24, 2.45) is 5.92 Å². The van der Waals surface area contributed by atoms with Gasteiger partial charge in [0, 0.05) is 31.5 Å². The number of aldehydes is 1. The molecular formula is C19H21NO2. The predicted molar refractivity (Wildman–Crippen MR) is 87.0 cm³/mol. The summed E-state index contributed by atoms with van der Waals surface area (Å²) in [5.74, 6) is 1.15. The maximum absolute atomic E-state index is 11.5. The standard InChI is InChI=1S/C19H21NO2/c1-22-18-9-5-8-16(10-18)19-13-20(12-17(19)14-21)11-15-6-3-2-4-7-15/h2-10,14,17,19H,11-13H2,1H3/t17-,19-/m1/s1. The zero-order valence-electron chi connectivity index (χ0n) is 12.8. The number of hydrogen-bond acceptors (Lipinski definition) is 3. The van der Waals surface area contributed by atoms with Crippen LogP contribution in [0, 0.1) is 5.92 Å². The van der Waals surface area contributed by atoms with Gasteiger partial charge in [0.05, 0.1) is 7.11 Å². The molecule has 2 aromatic rings. The molecule has 1 saturated heterocycles. The average molecular weight is 295 g/mol. The van der Waals surface area contributed by atoms with Gasteiger partial charge in [0.15, 0.2) is 0 Å².